The third kappa shape index (κ3) is 4.43. The molecule has 0 aliphatic carbocycles. The third-order valence-electron chi connectivity index (χ3n) is 3.12. The van der Waals surface area contributed by atoms with E-state index < -0.39 is 11.7 Å². The number of carbonyl (C=O) groups is 1. The number of rotatable bonds is 5. The molecule has 1 aromatic heterocycles. The van der Waals surface area contributed by atoms with Crippen molar-refractivity contribution in [1.29, 1.82) is 0 Å². The highest BCUT2D eigenvalue weighted by atomic mass is 32.1. The first kappa shape index (κ1) is 15.8. The molecule has 1 aromatic carbocycles. The summed E-state index contributed by atoms with van der Waals surface area (Å²) in [6.45, 7) is 2.06. The van der Waals surface area contributed by atoms with E-state index in [9.17, 15) is 18.0 Å². The van der Waals surface area contributed by atoms with Gasteiger partial charge < -0.3 is 0 Å². The van der Waals surface area contributed by atoms with E-state index in [0.29, 0.717) is 12.0 Å². The monoisotopic (exact) mass is 312 g/mol. The van der Waals surface area contributed by atoms with E-state index in [1.165, 1.54) is 17.0 Å². The van der Waals surface area contributed by atoms with E-state index in [1.54, 1.807) is 11.3 Å². The molecule has 0 saturated carbocycles. The number of carbonyl (C=O) groups excluding carboxylic acids is 1. The summed E-state index contributed by atoms with van der Waals surface area (Å²) in [4.78, 5) is 14.2. The lowest BCUT2D eigenvalue weighted by Crippen LogP contribution is -2.07. The quantitative estimate of drug-likeness (QED) is 0.783. The Kier molecular flexibility index (Phi) is 4.83. The molecule has 0 saturated heterocycles. The van der Waals surface area contributed by atoms with Gasteiger partial charge in [-0.05, 0) is 36.2 Å². The molecule has 5 heteroatoms. The van der Waals surface area contributed by atoms with Crippen LogP contribution in [0.5, 0.6) is 0 Å². The Balaban J connectivity index is 1.96. The fourth-order valence-corrected chi connectivity index (χ4v) is 2.99. The topological polar surface area (TPSA) is 17.1 Å². The maximum absolute atomic E-state index is 12.4. The van der Waals surface area contributed by atoms with Gasteiger partial charge in [-0.3, -0.25) is 4.79 Å². The van der Waals surface area contributed by atoms with Crippen LogP contribution in [-0.4, -0.2) is 5.78 Å². The van der Waals surface area contributed by atoms with Crippen LogP contribution in [-0.2, 0) is 30.2 Å². The molecule has 1 heterocycles. The fourth-order valence-electron chi connectivity index (χ4n) is 2.00. The van der Waals surface area contributed by atoms with Crippen molar-refractivity contribution < 1.29 is 18.0 Å². The van der Waals surface area contributed by atoms with Gasteiger partial charge in [-0.25, -0.2) is 0 Å². The Bertz CT molecular complexity index is 611. The summed E-state index contributed by atoms with van der Waals surface area (Å²) >= 11 is 1.61. The molecule has 0 unspecified atom stereocenters. The molecule has 0 amide bonds. The molecule has 2 aromatic rings. The molecule has 21 heavy (non-hydrogen) atoms. The molecule has 0 radical (unpaired) electrons. The van der Waals surface area contributed by atoms with Crippen LogP contribution in [0.15, 0.2) is 36.4 Å². The third-order valence-corrected chi connectivity index (χ3v) is 4.35. The minimum absolute atomic E-state index is 0.0132. The predicted molar refractivity (Wildman–Crippen MR) is 77.6 cm³/mol. The van der Waals surface area contributed by atoms with Crippen LogP contribution in [0.3, 0.4) is 0 Å². The van der Waals surface area contributed by atoms with Crippen LogP contribution >= 0.6 is 11.3 Å². The highest BCUT2D eigenvalue weighted by Crippen LogP contribution is 2.29. The van der Waals surface area contributed by atoms with E-state index in [0.717, 1.165) is 23.4 Å². The Hall–Kier alpha value is -1.62. The number of thiophene rings is 1. The van der Waals surface area contributed by atoms with Gasteiger partial charge in [0.15, 0.2) is 0 Å². The Morgan fingerprint density at radius 1 is 1.00 bits per heavy atom. The van der Waals surface area contributed by atoms with E-state index >= 15 is 0 Å². The minimum Gasteiger partial charge on any atom is -0.299 e. The average molecular weight is 312 g/mol. The normalized spacial score (nSPS) is 11.6. The summed E-state index contributed by atoms with van der Waals surface area (Å²) in [6, 6.07) is 8.71. The van der Waals surface area contributed by atoms with Gasteiger partial charge in [0.1, 0.15) is 5.78 Å². The van der Waals surface area contributed by atoms with E-state index in [2.05, 4.69) is 6.92 Å². The lowest BCUT2D eigenvalue weighted by Gasteiger charge is -2.07. The number of ketones is 1. The summed E-state index contributed by atoms with van der Waals surface area (Å²) in [5, 5.41) is 0. The van der Waals surface area contributed by atoms with E-state index in [1.807, 2.05) is 12.1 Å². The first-order valence-electron chi connectivity index (χ1n) is 6.64. The number of benzene rings is 1. The van der Waals surface area contributed by atoms with Crippen molar-refractivity contribution in [1.82, 2.24) is 0 Å². The highest BCUT2D eigenvalue weighted by Gasteiger charge is 2.29. The number of hydrogen-bond donors (Lipinski definition) is 0. The summed E-state index contributed by atoms with van der Waals surface area (Å²) in [7, 11) is 0. The number of alkyl halides is 3. The van der Waals surface area contributed by atoms with Gasteiger partial charge in [-0.15, -0.1) is 11.3 Å². The molecular weight excluding hydrogens is 297 g/mol. The van der Waals surface area contributed by atoms with Crippen LogP contribution in [0.1, 0.15) is 27.8 Å². The summed E-state index contributed by atoms with van der Waals surface area (Å²) in [5.41, 5.74) is -0.0789. The number of halogens is 3. The van der Waals surface area contributed by atoms with Crippen molar-refractivity contribution in [2.45, 2.75) is 32.4 Å². The lowest BCUT2D eigenvalue weighted by atomic mass is 10.0. The maximum atomic E-state index is 12.4. The van der Waals surface area contributed by atoms with Crippen LogP contribution in [0.25, 0.3) is 0 Å². The van der Waals surface area contributed by atoms with Gasteiger partial charge in [0.2, 0.25) is 0 Å². The standard InChI is InChI=1S/C16H15F3OS/c1-2-14-7-8-15(21-14)10-13(20)9-11-3-5-12(6-4-11)16(17,18)19/h3-8H,2,9-10H2,1H3. The molecule has 2 rings (SSSR count). The number of hydrogen-bond acceptors (Lipinski definition) is 2. The van der Waals surface area contributed by atoms with E-state index in [4.69, 9.17) is 0 Å². The van der Waals surface area contributed by atoms with Crippen LogP contribution < -0.4 is 0 Å². The largest absolute Gasteiger partial charge is 0.416 e. The molecule has 0 spiro atoms. The number of Topliss-reactive ketones (excluding diaryl/α,β-unsaturated/α-hetero) is 1. The zero-order chi connectivity index (χ0) is 15.5. The minimum atomic E-state index is -4.34. The van der Waals surface area contributed by atoms with Crippen molar-refractivity contribution in [2.24, 2.45) is 0 Å². The second-order valence-electron chi connectivity index (χ2n) is 4.81. The maximum Gasteiger partial charge on any atom is 0.416 e. The first-order chi connectivity index (χ1) is 9.88. The molecule has 0 N–H and O–H groups in total. The highest BCUT2D eigenvalue weighted by molar-refractivity contribution is 7.12. The summed E-state index contributed by atoms with van der Waals surface area (Å²) in [5.74, 6) is 0.0132. The Morgan fingerprint density at radius 2 is 1.62 bits per heavy atom. The van der Waals surface area contributed by atoms with Crippen molar-refractivity contribution in [3.8, 4) is 0 Å². The van der Waals surface area contributed by atoms with Crippen molar-refractivity contribution in [3.05, 3.63) is 57.3 Å². The second-order valence-corrected chi connectivity index (χ2v) is 6.06. The molecule has 1 nitrogen and oxygen atoms in total. The molecule has 0 aliphatic rings. The van der Waals surface area contributed by atoms with Crippen molar-refractivity contribution in [2.75, 3.05) is 0 Å². The molecule has 0 aliphatic heterocycles. The molecule has 0 bridgehead atoms. The van der Waals surface area contributed by atoms with Crippen LogP contribution in [0.2, 0.25) is 0 Å². The Labute approximate surface area is 125 Å². The smallest absolute Gasteiger partial charge is 0.299 e. The van der Waals surface area contributed by atoms with Gasteiger partial charge in [0.05, 0.1) is 5.56 Å². The summed E-state index contributed by atoms with van der Waals surface area (Å²) in [6.07, 6.45) is -2.89. The van der Waals surface area contributed by atoms with Crippen molar-refractivity contribution >= 4 is 17.1 Å². The van der Waals surface area contributed by atoms with E-state index in [-0.39, 0.29) is 12.2 Å². The van der Waals surface area contributed by atoms with Gasteiger partial charge in [0, 0.05) is 22.6 Å². The van der Waals surface area contributed by atoms with Crippen molar-refractivity contribution in [3.63, 3.8) is 0 Å². The van der Waals surface area contributed by atoms with Crippen LogP contribution in [0.4, 0.5) is 13.2 Å². The number of aryl methyl sites for hydroxylation is 1. The van der Waals surface area contributed by atoms with Gasteiger partial charge in [-0.2, -0.15) is 13.2 Å². The summed E-state index contributed by atoms with van der Waals surface area (Å²) < 4.78 is 37.3. The zero-order valence-electron chi connectivity index (χ0n) is 11.5. The first-order valence-corrected chi connectivity index (χ1v) is 7.45. The average Bonchev–Trinajstić information content (AvgIpc) is 2.85. The van der Waals surface area contributed by atoms with Gasteiger partial charge in [-0.1, -0.05) is 19.1 Å². The lowest BCUT2D eigenvalue weighted by molar-refractivity contribution is -0.137. The van der Waals surface area contributed by atoms with Gasteiger partial charge in [0.25, 0.3) is 0 Å². The second kappa shape index (κ2) is 6.43. The molecule has 0 atom stereocenters. The van der Waals surface area contributed by atoms with Crippen LogP contribution in [0, 0.1) is 0 Å². The molecule has 112 valence electrons. The molecular formula is C16H15F3OS. The Morgan fingerprint density at radius 3 is 2.14 bits per heavy atom. The SMILES string of the molecule is CCc1ccc(CC(=O)Cc2ccc(C(F)(F)F)cc2)s1. The zero-order valence-corrected chi connectivity index (χ0v) is 12.4. The fraction of sp³-hybridized carbons (Fsp3) is 0.312. The van der Waals surface area contributed by atoms with Gasteiger partial charge >= 0.3 is 6.18 Å². The predicted octanol–water partition coefficient (Wildman–Crippen LogP) is 4.68. The molecule has 0 fully saturated rings.